The normalized spacial score (nSPS) is 11.7. The molecular formula is C21H25N3O2. The zero-order chi connectivity index (χ0) is 18.9. The van der Waals surface area contributed by atoms with Crippen LogP contribution in [0.5, 0.6) is 0 Å². The van der Waals surface area contributed by atoms with Crippen molar-refractivity contribution >= 4 is 22.6 Å². The minimum atomic E-state index is -0.237. The Balaban J connectivity index is 2.13. The number of nitrogens with zero attached hydrogens (tertiary/aromatic N) is 2. The molecule has 0 saturated heterocycles. The molecule has 26 heavy (non-hydrogen) atoms. The fraction of sp³-hybridized carbons (Fsp3) is 0.333. The average Bonchev–Trinajstić information content (AvgIpc) is 2.97. The number of carbonyl (C=O) groups is 1. The number of carbonyl (C=O) groups excluding carboxylic acids is 1. The summed E-state index contributed by atoms with van der Waals surface area (Å²) in [5.41, 5.74) is 8.80. The average molecular weight is 351 g/mol. The first-order chi connectivity index (χ1) is 12.3. The molecule has 0 spiro atoms. The van der Waals surface area contributed by atoms with Crippen LogP contribution in [0, 0.1) is 0 Å². The Morgan fingerprint density at radius 3 is 2.58 bits per heavy atom. The molecule has 0 bridgehead atoms. The van der Waals surface area contributed by atoms with Crippen molar-refractivity contribution in [2.45, 2.75) is 39.5 Å². The third-order valence-corrected chi connectivity index (χ3v) is 4.32. The number of esters is 1. The minimum Gasteiger partial charge on any atom is -0.466 e. The lowest BCUT2D eigenvalue weighted by Gasteiger charge is -2.14. The highest BCUT2D eigenvalue weighted by Crippen LogP contribution is 2.28. The third-order valence-electron chi connectivity index (χ3n) is 4.32. The third kappa shape index (κ3) is 3.57. The Bertz CT molecular complexity index is 952. The second-order valence-electron chi connectivity index (χ2n) is 7.42. The summed E-state index contributed by atoms with van der Waals surface area (Å²) in [4.78, 5) is 12.0. The van der Waals surface area contributed by atoms with E-state index in [2.05, 4.69) is 20.8 Å². The quantitative estimate of drug-likeness (QED) is 0.721. The summed E-state index contributed by atoms with van der Waals surface area (Å²) < 4.78 is 6.86. The predicted molar refractivity (Wildman–Crippen MR) is 105 cm³/mol. The molecule has 3 aromatic rings. The fourth-order valence-electron chi connectivity index (χ4n) is 2.98. The van der Waals surface area contributed by atoms with Crippen LogP contribution in [0.3, 0.4) is 0 Å². The van der Waals surface area contributed by atoms with Crippen LogP contribution < -0.4 is 5.73 Å². The topological polar surface area (TPSA) is 70.1 Å². The summed E-state index contributed by atoms with van der Waals surface area (Å²) in [6, 6.07) is 13.9. The smallest absolute Gasteiger partial charge is 0.310 e. The molecule has 0 amide bonds. The van der Waals surface area contributed by atoms with Crippen LogP contribution in [0.2, 0.25) is 0 Å². The molecule has 0 saturated carbocycles. The van der Waals surface area contributed by atoms with E-state index < -0.39 is 0 Å². The molecule has 1 aromatic heterocycles. The fourth-order valence-corrected chi connectivity index (χ4v) is 2.98. The molecule has 5 nitrogen and oxygen atoms in total. The van der Waals surface area contributed by atoms with E-state index in [9.17, 15) is 4.79 Å². The number of rotatable bonds is 4. The van der Waals surface area contributed by atoms with Crippen LogP contribution >= 0.6 is 0 Å². The van der Waals surface area contributed by atoms with Gasteiger partial charge in [-0.05, 0) is 35.4 Å². The second-order valence-corrected chi connectivity index (χ2v) is 7.42. The molecular weight excluding hydrogens is 326 g/mol. The first kappa shape index (κ1) is 18.0. The van der Waals surface area contributed by atoms with Crippen LogP contribution in [0.1, 0.15) is 39.0 Å². The zero-order valence-electron chi connectivity index (χ0n) is 15.7. The summed E-state index contributed by atoms with van der Waals surface area (Å²) in [7, 11) is 0. The largest absolute Gasteiger partial charge is 0.466 e. The maximum absolute atomic E-state index is 12.0. The first-order valence-electron chi connectivity index (χ1n) is 8.83. The molecule has 0 fully saturated rings. The van der Waals surface area contributed by atoms with Gasteiger partial charge in [0.15, 0.2) is 0 Å². The molecule has 0 unspecified atom stereocenters. The number of hydrogen-bond acceptors (Lipinski definition) is 4. The van der Waals surface area contributed by atoms with Crippen LogP contribution in [-0.2, 0) is 21.4 Å². The molecule has 0 aliphatic rings. The van der Waals surface area contributed by atoms with Crippen LogP contribution in [-0.4, -0.2) is 22.4 Å². The predicted octanol–water partition coefficient (Wildman–Crippen LogP) is 4.01. The number of ether oxygens (including phenoxy) is 1. The van der Waals surface area contributed by atoms with E-state index in [0.29, 0.717) is 12.4 Å². The SMILES string of the molecule is CCOC(=O)Cc1cc(-n2nc(C(C)(C)C)cc2N)cc2ccccc12. The number of nitrogen functional groups attached to an aromatic ring is 1. The highest BCUT2D eigenvalue weighted by atomic mass is 16.5. The van der Waals surface area contributed by atoms with Gasteiger partial charge in [0.1, 0.15) is 5.82 Å². The van der Waals surface area contributed by atoms with Crippen molar-refractivity contribution in [1.29, 1.82) is 0 Å². The lowest BCUT2D eigenvalue weighted by Crippen LogP contribution is -2.13. The number of aromatic nitrogens is 2. The second kappa shape index (κ2) is 6.83. The molecule has 5 heteroatoms. The molecule has 1 heterocycles. The maximum Gasteiger partial charge on any atom is 0.310 e. The summed E-state index contributed by atoms with van der Waals surface area (Å²) >= 11 is 0. The highest BCUT2D eigenvalue weighted by Gasteiger charge is 2.20. The van der Waals surface area contributed by atoms with E-state index in [1.54, 1.807) is 4.68 Å². The van der Waals surface area contributed by atoms with E-state index in [4.69, 9.17) is 15.6 Å². The number of nitrogens with two attached hydrogens (primary N) is 1. The molecule has 3 rings (SSSR count). The van der Waals surface area contributed by atoms with E-state index >= 15 is 0 Å². The van der Waals surface area contributed by atoms with Gasteiger partial charge in [0.25, 0.3) is 0 Å². The Morgan fingerprint density at radius 1 is 1.19 bits per heavy atom. The molecule has 2 aromatic carbocycles. The summed E-state index contributed by atoms with van der Waals surface area (Å²) in [6.07, 6.45) is 0.218. The lowest BCUT2D eigenvalue weighted by atomic mass is 9.92. The van der Waals surface area contributed by atoms with E-state index in [1.807, 2.05) is 49.4 Å². The van der Waals surface area contributed by atoms with Gasteiger partial charge in [0, 0.05) is 11.5 Å². The summed E-state index contributed by atoms with van der Waals surface area (Å²) in [5, 5.41) is 6.76. The van der Waals surface area contributed by atoms with Gasteiger partial charge in [-0.2, -0.15) is 5.10 Å². The van der Waals surface area contributed by atoms with E-state index in [0.717, 1.165) is 27.7 Å². The number of benzene rings is 2. The minimum absolute atomic E-state index is 0.0933. The number of anilines is 1. The van der Waals surface area contributed by atoms with Gasteiger partial charge in [-0.15, -0.1) is 0 Å². The van der Waals surface area contributed by atoms with E-state index in [1.165, 1.54) is 0 Å². The van der Waals surface area contributed by atoms with Gasteiger partial charge in [0.05, 0.1) is 24.4 Å². The molecule has 0 aliphatic heterocycles. The molecule has 136 valence electrons. The Kier molecular flexibility index (Phi) is 4.72. The highest BCUT2D eigenvalue weighted by molar-refractivity contribution is 5.90. The van der Waals surface area contributed by atoms with E-state index in [-0.39, 0.29) is 17.8 Å². The van der Waals surface area contributed by atoms with Crippen molar-refractivity contribution in [3.63, 3.8) is 0 Å². The molecule has 0 radical (unpaired) electrons. The van der Waals surface area contributed by atoms with Gasteiger partial charge in [0.2, 0.25) is 0 Å². The standard InChI is InChI=1S/C21H25N3O2/c1-5-26-20(25)12-15-11-16(10-14-8-6-7-9-17(14)15)24-19(22)13-18(23-24)21(2,3)4/h6-11,13H,5,12,22H2,1-4H3. The number of hydrogen-bond donors (Lipinski definition) is 1. The van der Waals surface area contributed by atoms with Gasteiger partial charge >= 0.3 is 5.97 Å². The van der Waals surface area contributed by atoms with Crippen molar-refractivity contribution in [2.24, 2.45) is 0 Å². The van der Waals surface area contributed by atoms with Crippen LogP contribution in [0.4, 0.5) is 5.82 Å². The Hall–Kier alpha value is -2.82. The maximum atomic E-state index is 12.0. The monoisotopic (exact) mass is 351 g/mol. The molecule has 0 atom stereocenters. The van der Waals surface area contributed by atoms with Crippen LogP contribution in [0.15, 0.2) is 42.5 Å². The van der Waals surface area contributed by atoms with Crippen molar-refractivity contribution in [1.82, 2.24) is 9.78 Å². The van der Waals surface area contributed by atoms with Gasteiger partial charge in [-0.3, -0.25) is 4.79 Å². The zero-order valence-corrected chi connectivity index (χ0v) is 15.7. The molecule has 0 aliphatic carbocycles. The summed E-state index contributed by atoms with van der Waals surface area (Å²) in [5.74, 6) is 0.339. The van der Waals surface area contributed by atoms with Gasteiger partial charge in [-0.1, -0.05) is 45.0 Å². The van der Waals surface area contributed by atoms with Crippen molar-refractivity contribution in [2.75, 3.05) is 12.3 Å². The van der Waals surface area contributed by atoms with Gasteiger partial charge < -0.3 is 10.5 Å². The molecule has 2 N–H and O–H groups in total. The van der Waals surface area contributed by atoms with Crippen LogP contribution in [0.25, 0.3) is 16.5 Å². The first-order valence-corrected chi connectivity index (χ1v) is 8.83. The number of fused-ring (bicyclic) bond motifs is 1. The summed E-state index contributed by atoms with van der Waals surface area (Å²) in [6.45, 7) is 8.49. The Labute approximate surface area is 153 Å². The van der Waals surface area contributed by atoms with Crippen molar-refractivity contribution in [3.8, 4) is 5.69 Å². The lowest BCUT2D eigenvalue weighted by molar-refractivity contribution is -0.142. The van der Waals surface area contributed by atoms with Crippen molar-refractivity contribution in [3.05, 3.63) is 53.7 Å². The van der Waals surface area contributed by atoms with Crippen molar-refractivity contribution < 1.29 is 9.53 Å². The van der Waals surface area contributed by atoms with Gasteiger partial charge in [-0.25, -0.2) is 4.68 Å². The Morgan fingerprint density at radius 2 is 1.92 bits per heavy atom.